The van der Waals surface area contributed by atoms with E-state index in [0.29, 0.717) is 0 Å². The highest BCUT2D eigenvalue weighted by molar-refractivity contribution is 7.18. The van der Waals surface area contributed by atoms with Crippen molar-refractivity contribution in [1.82, 2.24) is 15.0 Å². The molecule has 0 N–H and O–H groups in total. The van der Waals surface area contributed by atoms with E-state index in [1.54, 1.807) is 23.7 Å². The highest BCUT2D eigenvalue weighted by Gasteiger charge is 2.08. The third kappa shape index (κ3) is 2.17. The highest BCUT2D eigenvalue weighted by Crippen LogP contribution is 2.22. The van der Waals surface area contributed by atoms with Crippen LogP contribution in [0.15, 0.2) is 42.7 Å². The molecule has 0 radical (unpaired) electrons. The molecular weight excluding hydrogens is 244 g/mol. The van der Waals surface area contributed by atoms with Crippen molar-refractivity contribution in [2.75, 3.05) is 11.9 Å². The van der Waals surface area contributed by atoms with Crippen molar-refractivity contribution in [3.05, 3.63) is 47.7 Å². The lowest BCUT2D eigenvalue weighted by Crippen LogP contribution is -2.18. The van der Waals surface area contributed by atoms with Crippen LogP contribution in [0.3, 0.4) is 0 Å². The number of thiazole rings is 1. The Balaban J connectivity index is 1.84. The van der Waals surface area contributed by atoms with Crippen LogP contribution in [0.2, 0.25) is 0 Å². The van der Waals surface area contributed by atoms with Gasteiger partial charge in [-0.3, -0.25) is 0 Å². The molecule has 1 aromatic carbocycles. The Morgan fingerprint density at radius 2 is 1.89 bits per heavy atom. The Bertz CT molecular complexity index is 617. The van der Waals surface area contributed by atoms with Gasteiger partial charge >= 0.3 is 0 Å². The first-order valence-electron chi connectivity index (χ1n) is 5.65. The molecule has 0 amide bonds. The van der Waals surface area contributed by atoms with Crippen molar-refractivity contribution in [2.45, 2.75) is 6.54 Å². The van der Waals surface area contributed by atoms with Gasteiger partial charge in [-0.2, -0.15) is 0 Å². The number of nitrogens with zero attached hydrogens (tertiary/aromatic N) is 4. The van der Waals surface area contributed by atoms with Crippen molar-refractivity contribution < 1.29 is 0 Å². The van der Waals surface area contributed by atoms with Gasteiger partial charge in [0.1, 0.15) is 5.01 Å². The third-order valence-electron chi connectivity index (χ3n) is 2.60. The van der Waals surface area contributed by atoms with Gasteiger partial charge in [0, 0.05) is 19.4 Å². The summed E-state index contributed by atoms with van der Waals surface area (Å²) in [6.07, 6.45) is 3.49. The zero-order valence-corrected chi connectivity index (χ0v) is 10.8. The summed E-state index contributed by atoms with van der Waals surface area (Å²) in [6, 6.07) is 9.99. The predicted octanol–water partition coefficient (Wildman–Crippen LogP) is 2.72. The summed E-state index contributed by atoms with van der Waals surface area (Å²) in [7, 11) is 1.97. The molecule has 0 aliphatic carbocycles. The molecule has 2 heterocycles. The topological polar surface area (TPSA) is 41.9 Å². The summed E-state index contributed by atoms with van der Waals surface area (Å²) >= 11 is 1.71. The molecule has 0 saturated heterocycles. The summed E-state index contributed by atoms with van der Waals surface area (Å²) in [6.45, 7) is 0.726. The Labute approximate surface area is 109 Å². The largest absolute Gasteiger partial charge is 0.337 e. The molecule has 90 valence electrons. The predicted molar refractivity (Wildman–Crippen MR) is 73.8 cm³/mol. The lowest BCUT2D eigenvalue weighted by molar-refractivity contribution is 0.861. The first-order valence-corrected chi connectivity index (χ1v) is 6.47. The van der Waals surface area contributed by atoms with Gasteiger partial charge in [0.05, 0.1) is 16.8 Å². The van der Waals surface area contributed by atoms with Gasteiger partial charge in [0.25, 0.3) is 0 Å². The third-order valence-corrected chi connectivity index (χ3v) is 3.63. The van der Waals surface area contributed by atoms with Crippen LogP contribution < -0.4 is 4.90 Å². The molecule has 5 heteroatoms. The van der Waals surface area contributed by atoms with E-state index in [0.717, 1.165) is 23.0 Å². The standard InChI is InChI=1S/C13H12N4S/c1-17(13-14-7-4-8-15-13)9-12-16-10-5-2-3-6-11(10)18-12/h2-8H,9H2,1H3. The van der Waals surface area contributed by atoms with Gasteiger partial charge < -0.3 is 4.90 Å². The molecule has 0 unspecified atom stereocenters. The second kappa shape index (κ2) is 4.70. The number of rotatable bonds is 3. The van der Waals surface area contributed by atoms with Crippen LogP contribution in [0.1, 0.15) is 5.01 Å². The molecule has 0 aliphatic rings. The molecule has 0 bridgehead atoms. The maximum atomic E-state index is 4.60. The first-order chi connectivity index (χ1) is 8.83. The summed E-state index contributed by atoms with van der Waals surface area (Å²) in [5.74, 6) is 0.719. The summed E-state index contributed by atoms with van der Waals surface area (Å²) in [5.41, 5.74) is 1.06. The molecule has 4 nitrogen and oxygen atoms in total. The maximum Gasteiger partial charge on any atom is 0.225 e. The number of benzene rings is 1. The molecular formula is C13H12N4S. The second-order valence-corrected chi connectivity index (χ2v) is 5.10. The van der Waals surface area contributed by atoms with E-state index in [9.17, 15) is 0 Å². The van der Waals surface area contributed by atoms with Gasteiger partial charge in [0.2, 0.25) is 5.95 Å². The second-order valence-electron chi connectivity index (χ2n) is 3.98. The van der Waals surface area contributed by atoms with Crippen molar-refractivity contribution in [1.29, 1.82) is 0 Å². The van der Waals surface area contributed by atoms with E-state index >= 15 is 0 Å². The Morgan fingerprint density at radius 1 is 1.11 bits per heavy atom. The van der Waals surface area contributed by atoms with Gasteiger partial charge in [-0.05, 0) is 18.2 Å². The number of fused-ring (bicyclic) bond motifs is 1. The smallest absolute Gasteiger partial charge is 0.225 e. The number of aromatic nitrogens is 3. The van der Waals surface area contributed by atoms with Crippen molar-refractivity contribution >= 4 is 27.5 Å². The van der Waals surface area contributed by atoms with Crippen LogP contribution in [0.4, 0.5) is 5.95 Å². The van der Waals surface area contributed by atoms with Crippen LogP contribution in [-0.2, 0) is 6.54 Å². The summed E-state index contributed by atoms with van der Waals surface area (Å²) < 4.78 is 1.22. The molecule has 18 heavy (non-hydrogen) atoms. The molecule has 0 aliphatic heterocycles. The molecule has 0 spiro atoms. The van der Waals surface area contributed by atoms with Gasteiger partial charge in [-0.25, -0.2) is 15.0 Å². The quantitative estimate of drug-likeness (QED) is 0.722. The zero-order valence-electron chi connectivity index (χ0n) is 9.95. The lowest BCUT2D eigenvalue weighted by Gasteiger charge is -2.14. The van der Waals surface area contributed by atoms with Crippen molar-refractivity contribution in [2.24, 2.45) is 0 Å². The number of hydrogen-bond acceptors (Lipinski definition) is 5. The minimum absolute atomic E-state index is 0.719. The van der Waals surface area contributed by atoms with Crippen molar-refractivity contribution in [3.63, 3.8) is 0 Å². The minimum atomic E-state index is 0.719. The first kappa shape index (κ1) is 11.1. The number of para-hydroxylation sites is 1. The highest BCUT2D eigenvalue weighted by atomic mass is 32.1. The molecule has 2 aromatic heterocycles. The average Bonchev–Trinajstić information content (AvgIpc) is 2.82. The molecule has 3 rings (SSSR count). The maximum absolute atomic E-state index is 4.60. The minimum Gasteiger partial charge on any atom is -0.337 e. The fourth-order valence-corrected chi connectivity index (χ4v) is 2.77. The SMILES string of the molecule is CN(Cc1nc2ccccc2s1)c1ncccn1. The normalized spacial score (nSPS) is 10.7. The van der Waals surface area contributed by atoms with E-state index in [4.69, 9.17) is 0 Å². The van der Waals surface area contributed by atoms with Crippen LogP contribution >= 0.6 is 11.3 Å². The molecule has 0 atom stereocenters. The Morgan fingerprint density at radius 3 is 2.67 bits per heavy atom. The zero-order chi connectivity index (χ0) is 12.4. The van der Waals surface area contributed by atoms with Crippen LogP contribution in [0.5, 0.6) is 0 Å². The van der Waals surface area contributed by atoms with Crippen LogP contribution in [0.25, 0.3) is 10.2 Å². The fourth-order valence-electron chi connectivity index (χ4n) is 1.75. The van der Waals surface area contributed by atoms with E-state index in [-0.39, 0.29) is 0 Å². The fraction of sp³-hybridized carbons (Fsp3) is 0.154. The van der Waals surface area contributed by atoms with E-state index < -0.39 is 0 Å². The van der Waals surface area contributed by atoms with E-state index in [2.05, 4.69) is 21.0 Å². The van der Waals surface area contributed by atoms with E-state index in [1.807, 2.05) is 36.2 Å². The molecule has 0 saturated carbocycles. The lowest BCUT2D eigenvalue weighted by atomic mass is 10.3. The van der Waals surface area contributed by atoms with Gasteiger partial charge in [-0.1, -0.05) is 12.1 Å². The summed E-state index contributed by atoms with van der Waals surface area (Å²) in [4.78, 5) is 15.0. The van der Waals surface area contributed by atoms with E-state index in [1.165, 1.54) is 4.70 Å². The van der Waals surface area contributed by atoms with Crippen LogP contribution in [0, 0.1) is 0 Å². The molecule has 3 aromatic rings. The Kier molecular flexibility index (Phi) is 2.90. The Hall–Kier alpha value is -2.01. The monoisotopic (exact) mass is 256 g/mol. The summed E-state index contributed by atoms with van der Waals surface area (Å²) in [5, 5.41) is 1.08. The number of anilines is 1. The van der Waals surface area contributed by atoms with Gasteiger partial charge in [-0.15, -0.1) is 11.3 Å². The number of hydrogen-bond donors (Lipinski definition) is 0. The van der Waals surface area contributed by atoms with Gasteiger partial charge in [0.15, 0.2) is 0 Å². The molecule has 0 fully saturated rings. The average molecular weight is 256 g/mol. The van der Waals surface area contributed by atoms with Crippen LogP contribution in [-0.4, -0.2) is 22.0 Å². The van der Waals surface area contributed by atoms with Crippen molar-refractivity contribution in [3.8, 4) is 0 Å².